The van der Waals surface area contributed by atoms with Gasteiger partial charge in [0.05, 0.1) is 0 Å². The highest BCUT2D eigenvalue weighted by atomic mass is 16.2. The third-order valence-corrected chi connectivity index (χ3v) is 5.14. The van der Waals surface area contributed by atoms with Gasteiger partial charge in [-0.05, 0) is 36.2 Å². The van der Waals surface area contributed by atoms with E-state index < -0.39 is 11.0 Å². The number of amides is 1. The standard InChI is InChI=1S/C25H27NO2/c1-17-10-12-19(13-11-17)22(27)25(5,26-23(28)24(2,3)4)21-15-14-18-8-6-7-9-20(18)16-21/h6-16H,1-5H3,(H,26,28)/t25-/m0/s1. The SMILES string of the molecule is Cc1ccc(C(=O)[C@@](C)(NC(=O)C(C)(C)C)c2ccc3ccccc3c2)cc1. The van der Waals surface area contributed by atoms with Crippen LogP contribution >= 0.6 is 0 Å². The molecule has 0 radical (unpaired) electrons. The second kappa shape index (κ2) is 7.23. The van der Waals surface area contributed by atoms with Gasteiger partial charge >= 0.3 is 0 Å². The number of carbonyl (C=O) groups is 2. The number of Topliss-reactive ketones (excluding diaryl/α,β-unsaturated/α-hetero) is 1. The molecule has 0 heterocycles. The Kier molecular flexibility index (Phi) is 5.12. The zero-order valence-corrected chi connectivity index (χ0v) is 17.2. The largest absolute Gasteiger partial charge is 0.339 e. The highest BCUT2D eigenvalue weighted by Gasteiger charge is 2.39. The Hall–Kier alpha value is -2.94. The Morgan fingerprint density at radius 2 is 1.39 bits per heavy atom. The van der Waals surface area contributed by atoms with Gasteiger partial charge in [-0.1, -0.05) is 87.0 Å². The molecule has 3 nitrogen and oxygen atoms in total. The molecule has 144 valence electrons. The van der Waals surface area contributed by atoms with E-state index in [9.17, 15) is 9.59 Å². The van der Waals surface area contributed by atoms with Gasteiger partial charge in [-0.2, -0.15) is 0 Å². The van der Waals surface area contributed by atoms with Gasteiger partial charge in [-0.3, -0.25) is 9.59 Å². The lowest BCUT2D eigenvalue weighted by atomic mass is 9.81. The van der Waals surface area contributed by atoms with E-state index in [4.69, 9.17) is 0 Å². The smallest absolute Gasteiger partial charge is 0.226 e. The van der Waals surface area contributed by atoms with Crippen LogP contribution in [0.2, 0.25) is 0 Å². The summed E-state index contributed by atoms with van der Waals surface area (Å²) in [6.45, 7) is 9.32. The number of aryl methyl sites for hydroxylation is 1. The summed E-state index contributed by atoms with van der Waals surface area (Å²) < 4.78 is 0. The molecule has 0 spiro atoms. The minimum Gasteiger partial charge on any atom is -0.339 e. The van der Waals surface area contributed by atoms with Crippen LogP contribution in [0.15, 0.2) is 66.7 Å². The molecule has 3 rings (SSSR count). The van der Waals surface area contributed by atoms with Gasteiger partial charge in [0.1, 0.15) is 5.54 Å². The average Bonchev–Trinajstić information content (AvgIpc) is 2.66. The van der Waals surface area contributed by atoms with E-state index >= 15 is 0 Å². The molecule has 28 heavy (non-hydrogen) atoms. The van der Waals surface area contributed by atoms with Gasteiger partial charge in [0.15, 0.2) is 5.78 Å². The van der Waals surface area contributed by atoms with Crippen molar-refractivity contribution >= 4 is 22.5 Å². The number of ketones is 1. The van der Waals surface area contributed by atoms with Crippen molar-refractivity contribution in [3.8, 4) is 0 Å². The molecule has 0 saturated heterocycles. The summed E-state index contributed by atoms with van der Waals surface area (Å²) in [4.78, 5) is 26.4. The molecular weight excluding hydrogens is 346 g/mol. The molecule has 3 heteroatoms. The first kappa shape index (κ1) is 19.8. The summed E-state index contributed by atoms with van der Waals surface area (Å²) in [7, 11) is 0. The van der Waals surface area contributed by atoms with Gasteiger partial charge in [-0.15, -0.1) is 0 Å². The van der Waals surface area contributed by atoms with Gasteiger partial charge in [0.2, 0.25) is 5.91 Å². The molecule has 1 atom stereocenters. The second-order valence-electron chi connectivity index (χ2n) is 8.59. The summed E-state index contributed by atoms with van der Waals surface area (Å²) in [6.07, 6.45) is 0. The quantitative estimate of drug-likeness (QED) is 0.622. The van der Waals surface area contributed by atoms with Crippen molar-refractivity contribution in [1.82, 2.24) is 5.32 Å². The van der Waals surface area contributed by atoms with E-state index in [1.54, 1.807) is 6.92 Å². The Morgan fingerprint density at radius 3 is 2.00 bits per heavy atom. The van der Waals surface area contributed by atoms with Crippen LogP contribution in [0.5, 0.6) is 0 Å². The Morgan fingerprint density at radius 1 is 0.786 bits per heavy atom. The summed E-state index contributed by atoms with van der Waals surface area (Å²) in [5.41, 5.74) is 0.669. The predicted octanol–water partition coefficient (Wildman–Crippen LogP) is 5.41. The maximum absolute atomic E-state index is 13.6. The zero-order chi connectivity index (χ0) is 20.5. The minimum atomic E-state index is -1.16. The predicted molar refractivity (Wildman–Crippen MR) is 114 cm³/mol. The fourth-order valence-electron chi connectivity index (χ4n) is 3.17. The molecule has 3 aromatic carbocycles. The van der Waals surface area contributed by atoms with Gasteiger partial charge in [-0.25, -0.2) is 0 Å². The van der Waals surface area contributed by atoms with Crippen molar-refractivity contribution in [2.24, 2.45) is 5.41 Å². The first-order valence-electron chi connectivity index (χ1n) is 9.54. The third kappa shape index (κ3) is 3.84. The summed E-state index contributed by atoms with van der Waals surface area (Å²) in [5, 5.41) is 5.17. The fourth-order valence-corrected chi connectivity index (χ4v) is 3.17. The first-order valence-corrected chi connectivity index (χ1v) is 9.54. The van der Waals surface area contributed by atoms with Crippen LogP contribution in [-0.2, 0) is 10.3 Å². The first-order chi connectivity index (χ1) is 13.1. The lowest BCUT2D eigenvalue weighted by Crippen LogP contribution is -2.52. The second-order valence-corrected chi connectivity index (χ2v) is 8.59. The van der Waals surface area contributed by atoms with Crippen LogP contribution in [0.25, 0.3) is 10.8 Å². The fraction of sp³-hybridized carbons (Fsp3) is 0.280. The number of benzene rings is 3. The van der Waals surface area contributed by atoms with E-state index in [1.807, 2.05) is 94.4 Å². The van der Waals surface area contributed by atoms with Gasteiger partial charge < -0.3 is 5.32 Å². The number of hydrogen-bond acceptors (Lipinski definition) is 2. The lowest BCUT2D eigenvalue weighted by Gasteiger charge is -2.33. The Labute approximate surface area is 166 Å². The number of rotatable bonds is 4. The molecule has 0 saturated carbocycles. The number of fused-ring (bicyclic) bond motifs is 1. The topological polar surface area (TPSA) is 46.2 Å². The highest BCUT2D eigenvalue weighted by molar-refractivity contribution is 6.06. The monoisotopic (exact) mass is 373 g/mol. The minimum absolute atomic E-state index is 0.125. The molecule has 3 aromatic rings. The van der Waals surface area contributed by atoms with E-state index in [0.717, 1.165) is 21.9 Å². The molecule has 0 aliphatic carbocycles. The lowest BCUT2D eigenvalue weighted by molar-refractivity contribution is -0.130. The molecule has 0 fully saturated rings. The van der Waals surface area contributed by atoms with E-state index in [1.165, 1.54) is 0 Å². The van der Waals surface area contributed by atoms with E-state index in [-0.39, 0.29) is 11.7 Å². The summed E-state index contributed by atoms with van der Waals surface area (Å²) in [5.74, 6) is -0.288. The van der Waals surface area contributed by atoms with Crippen molar-refractivity contribution in [2.75, 3.05) is 0 Å². The maximum Gasteiger partial charge on any atom is 0.226 e. The third-order valence-electron chi connectivity index (χ3n) is 5.14. The number of hydrogen-bond donors (Lipinski definition) is 1. The maximum atomic E-state index is 13.6. The summed E-state index contributed by atoms with van der Waals surface area (Å²) in [6, 6.07) is 21.4. The molecule has 0 bridgehead atoms. The van der Waals surface area contributed by atoms with Crippen molar-refractivity contribution in [3.05, 3.63) is 83.4 Å². The molecule has 0 aliphatic heterocycles. The van der Waals surface area contributed by atoms with Crippen molar-refractivity contribution < 1.29 is 9.59 Å². The normalized spacial score (nSPS) is 13.8. The van der Waals surface area contributed by atoms with Crippen LogP contribution in [-0.4, -0.2) is 11.7 Å². The van der Waals surface area contributed by atoms with Crippen LogP contribution in [0.1, 0.15) is 49.2 Å². The van der Waals surface area contributed by atoms with Crippen LogP contribution in [0, 0.1) is 12.3 Å². The summed E-state index contributed by atoms with van der Waals surface area (Å²) >= 11 is 0. The average molecular weight is 373 g/mol. The van der Waals surface area contributed by atoms with Gasteiger partial charge in [0, 0.05) is 11.0 Å². The molecule has 1 amide bonds. The molecular formula is C25H27NO2. The molecule has 0 aliphatic rings. The van der Waals surface area contributed by atoms with Crippen LogP contribution in [0.4, 0.5) is 0 Å². The molecule has 0 unspecified atom stereocenters. The number of nitrogens with one attached hydrogen (secondary N) is 1. The Bertz CT molecular complexity index is 1030. The number of carbonyl (C=O) groups excluding carboxylic acids is 2. The van der Waals surface area contributed by atoms with Crippen molar-refractivity contribution in [2.45, 2.75) is 40.2 Å². The zero-order valence-electron chi connectivity index (χ0n) is 17.2. The van der Waals surface area contributed by atoms with Crippen molar-refractivity contribution in [3.63, 3.8) is 0 Å². The highest BCUT2D eigenvalue weighted by Crippen LogP contribution is 2.30. The van der Waals surface area contributed by atoms with E-state index in [2.05, 4.69) is 5.32 Å². The van der Waals surface area contributed by atoms with Crippen molar-refractivity contribution in [1.29, 1.82) is 0 Å². The van der Waals surface area contributed by atoms with Gasteiger partial charge in [0.25, 0.3) is 0 Å². The van der Waals surface area contributed by atoms with Crippen LogP contribution in [0.3, 0.4) is 0 Å². The van der Waals surface area contributed by atoms with E-state index in [0.29, 0.717) is 5.56 Å². The molecule has 0 aromatic heterocycles. The Balaban J connectivity index is 2.13. The van der Waals surface area contributed by atoms with Crippen LogP contribution < -0.4 is 5.32 Å². The molecule has 1 N–H and O–H groups in total.